The summed E-state index contributed by atoms with van der Waals surface area (Å²) in [6, 6.07) is 5.94. The van der Waals surface area contributed by atoms with Gasteiger partial charge in [-0.15, -0.1) is 34.0 Å². The Kier molecular flexibility index (Phi) is 5.27. The molecule has 0 bridgehead atoms. The van der Waals surface area contributed by atoms with Gasteiger partial charge < -0.3 is 4.90 Å². The number of halogens is 1. The van der Waals surface area contributed by atoms with Gasteiger partial charge in [0.2, 0.25) is 5.91 Å². The van der Waals surface area contributed by atoms with Gasteiger partial charge in [0.15, 0.2) is 0 Å². The Hall–Kier alpha value is -1.81. The lowest BCUT2D eigenvalue weighted by molar-refractivity contribution is -0.131. The van der Waals surface area contributed by atoms with Gasteiger partial charge >= 0.3 is 0 Å². The molecule has 0 aromatic carbocycles. The molecule has 0 aliphatic rings. The van der Waals surface area contributed by atoms with Gasteiger partial charge in [0, 0.05) is 29.4 Å². The average molecular weight is 480 g/mol. The van der Waals surface area contributed by atoms with Crippen LogP contribution in [-0.4, -0.2) is 27.4 Å². The van der Waals surface area contributed by atoms with Crippen LogP contribution in [0.4, 0.5) is 0 Å². The molecule has 0 atom stereocenters. The average Bonchev–Trinajstić information content (AvgIpc) is 3.37. The van der Waals surface area contributed by atoms with E-state index in [0.29, 0.717) is 16.8 Å². The van der Waals surface area contributed by atoms with Gasteiger partial charge in [-0.05, 0) is 44.4 Å². The molecule has 4 aromatic heterocycles. The Balaban J connectivity index is 1.60. The molecule has 0 aliphatic heterocycles. The van der Waals surface area contributed by atoms with Crippen LogP contribution in [-0.2, 0) is 17.9 Å². The van der Waals surface area contributed by atoms with Gasteiger partial charge in [-0.2, -0.15) is 0 Å². The minimum Gasteiger partial charge on any atom is -0.340 e. The molecule has 9 heteroatoms. The first-order chi connectivity index (χ1) is 13.0. The van der Waals surface area contributed by atoms with Crippen LogP contribution in [0, 0.1) is 0 Å². The minimum absolute atomic E-state index is 0.0245. The maximum Gasteiger partial charge on any atom is 0.263 e. The van der Waals surface area contributed by atoms with E-state index in [1.807, 2.05) is 34.3 Å². The molecule has 4 rings (SSSR count). The minimum atomic E-state index is -0.176. The lowest BCUT2D eigenvalue weighted by Crippen LogP contribution is -2.33. The molecule has 0 unspecified atom stereocenters. The third-order valence-corrected chi connectivity index (χ3v) is 7.46. The zero-order valence-electron chi connectivity index (χ0n) is 14.2. The van der Waals surface area contributed by atoms with Crippen molar-refractivity contribution in [1.82, 2.24) is 14.5 Å². The van der Waals surface area contributed by atoms with E-state index in [-0.39, 0.29) is 18.0 Å². The SMILES string of the molecule is CN(Cc1csc(Br)c1)C(=O)Cn1cnc2scc(-c3cccs3)c2c1=O. The van der Waals surface area contributed by atoms with Crippen LogP contribution >= 0.6 is 49.9 Å². The van der Waals surface area contributed by atoms with Crippen LogP contribution in [0.25, 0.3) is 20.7 Å². The molecule has 0 aliphatic carbocycles. The predicted molar refractivity (Wildman–Crippen MR) is 116 cm³/mol. The van der Waals surface area contributed by atoms with E-state index in [9.17, 15) is 9.59 Å². The van der Waals surface area contributed by atoms with Crippen LogP contribution in [0.15, 0.2) is 49.2 Å². The number of hydrogen-bond donors (Lipinski definition) is 0. The molecule has 0 saturated heterocycles. The number of aromatic nitrogens is 2. The zero-order chi connectivity index (χ0) is 19.0. The number of likely N-dealkylation sites (N-methyl/N-ethyl adjacent to an activating group) is 1. The van der Waals surface area contributed by atoms with Crippen LogP contribution in [0.1, 0.15) is 5.56 Å². The van der Waals surface area contributed by atoms with Crippen molar-refractivity contribution in [2.24, 2.45) is 0 Å². The molecule has 27 heavy (non-hydrogen) atoms. The number of amides is 1. The van der Waals surface area contributed by atoms with Crippen molar-refractivity contribution >= 4 is 66.1 Å². The largest absolute Gasteiger partial charge is 0.340 e. The smallest absolute Gasteiger partial charge is 0.263 e. The van der Waals surface area contributed by atoms with Crippen molar-refractivity contribution in [2.45, 2.75) is 13.1 Å². The lowest BCUT2D eigenvalue weighted by atomic mass is 10.2. The number of carbonyl (C=O) groups excluding carboxylic acids is 1. The van der Waals surface area contributed by atoms with Crippen LogP contribution < -0.4 is 5.56 Å². The third-order valence-electron chi connectivity index (χ3n) is 4.12. The fourth-order valence-corrected chi connectivity index (χ4v) is 5.67. The maximum absolute atomic E-state index is 13.0. The summed E-state index contributed by atoms with van der Waals surface area (Å²) >= 11 is 8.04. The highest BCUT2D eigenvalue weighted by molar-refractivity contribution is 9.11. The number of hydrogen-bond acceptors (Lipinski definition) is 6. The summed E-state index contributed by atoms with van der Waals surface area (Å²) in [4.78, 5) is 33.3. The summed E-state index contributed by atoms with van der Waals surface area (Å²) in [5.74, 6) is -0.131. The summed E-state index contributed by atoms with van der Waals surface area (Å²) in [6.45, 7) is 0.480. The second kappa shape index (κ2) is 7.67. The van der Waals surface area contributed by atoms with Crippen LogP contribution in [0.3, 0.4) is 0 Å². The maximum atomic E-state index is 13.0. The molecule has 0 radical (unpaired) electrons. The van der Waals surface area contributed by atoms with Gasteiger partial charge in [-0.25, -0.2) is 4.98 Å². The monoisotopic (exact) mass is 479 g/mol. The number of fused-ring (bicyclic) bond motifs is 1. The Morgan fingerprint density at radius 3 is 2.85 bits per heavy atom. The van der Waals surface area contributed by atoms with Crippen LogP contribution in [0.2, 0.25) is 0 Å². The fraction of sp³-hybridized carbons (Fsp3) is 0.167. The number of rotatable bonds is 5. The number of thiophene rings is 3. The summed E-state index contributed by atoms with van der Waals surface area (Å²) in [6.07, 6.45) is 1.46. The van der Waals surface area contributed by atoms with Crippen molar-refractivity contribution in [3.63, 3.8) is 0 Å². The van der Waals surface area contributed by atoms with E-state index in [1.165, 1.54) is 22.2 Å². The zero-order valence-corrected chi connectivity index (χ0v) is 18.3. The molecule has 1 amide bonds. The normalized spacial score (nSPS) is 11.2. The molecule has 5 nitrogen and oxygen atoms in total. The molecule has 0 spiro atoms. The molecular formula is C18H14BrN3O2S3. The molecule has 0 saturated carbocycles. The first-order valence-corrected chi connectivity index (χ1v) is 11.4. The Bertz CT molecular complexity index is 1160. The van der Waals surface area contributed by atoms with Crippen LogP contribution in [0.5, 0.6) is 0 Å². The quantitative estimate of drug-likeness (QED) is 0.417. The van der Waals surface area contributed by atoms with E-state index in [4.69, 9.17) is 0 Å². The van der Waals surface area contributed by atoms with E-state index < -0.39 is 0 Å². The highest BCUT2D eigenvalue weighted by Crippen LogP contribution is 2.33. The summed E-state index contributed by atoms with van der Waals surface area (Å²) in [7, 11) is 1.74. The van der Waals surface area contributed by atoms with Crippen molar-refractivity contribution in [3.05, 3.63) is 60.4 Å². The highest BCUT2D eigenvalue weighted by atomic mass is 79.9. The van der Waals surface area contributed by atoms with E-state index in [0.717, 1.165) is 19.8 Å². The molecule has 0 N–H and O–H groups in total. The lowest BCUT2D eigenvalue weighted by Gasteiger charge is -2.17. The first kappa shape index (κ1) is 18.5. The van der Waals surface area contributed by atoms with Gasteiger partial charge in [0.05, 0.1) is 15.5 Å². The second-order valence-corrected chi connectivity index (χ2v) is 10.1. The molecule has 138 valence electrons. The molecule has 0 fully saturated rings. The third kappa shape index (κ3) is 3.77. The number of carbonyl (C=O) groups is 1. The van der Waals surface area contributed by atoms with Crippen molar-refractivity contribution in [2.75, 3.05) is 7.05 Å². The van der Waals surface area contributed by atoms with Gasteiger partial charge in [-0.1, -0.05) is 6.07 Å². The van der Waals surface area contributed by atoms with Crippen molar-refractivity contribution in [3.8, 4) is 10.4 Å². The standard InChI is InChI=1S/C18H14BrN3O2S3/c1-21(6-11-5-14(19)26-8-11)15(23)7-22-10-20-17-16(18(22)24)12(9-27-17)13-3-2-4-25-13/h2-5,8-10H,6-7H2,1H3. The molecule has 4 heterocycles. The topological polar surface area (TPSA) is 55.2 Å². The molecule has 4 aromatic rings. The summed E-state index contributed by atoms with van der Waals surface area (Å²) < 4.78 is 2.43. The van der Waals surface area contributed by atoms with E-state index in [1.54, 1.807) is 34.6 Å². The highest BCUT2D eigenvalue weighted by Gasteiger charge is 2.17. The second-order valence-electron chi connectivity index (χ2n) is 5.99. The Morgan fingerprint density at radius 1 is 1.30 bits per heavy atom. The Labute approximate surface area is 175 Å². The fourth-order valence-electron chi connectivity index (χ4n) is 2.75. The summed E-state index contributed by atoms with van der Waals surface area (Å²) in [5.41, 5.74) is 1.77. The van der Waals surface area contributed by atoms with Gasteiger partial charge in [0.25, 0.3) is 5.56 Å². The van der Waals surface area contributed by atoms with Gasteiger partial charge in [0.1, 0.15) is 11.4 Å². The van der Waals surface area contributed by atoms with Crippen molar-refractivity contribution < 1.29 is 4.79 Å². The predicted octanol–water partition coefficient (Wildman–Crippen LogP) is 4.67. The molecular weight excluding hydrogens is 466 g/mol. The first-order valence-electron chi connectivity index (χ1n) is 8.00. The number of nitrogens with zero attached hydrogens (tertiary/aromatic N) is 3. The van der Waals surface area contributed by atoms with Gasteiger partial charge in [-0.3, -0.25) is 14.2 Å². The van der Waals surface area contributed by atoms with E-state index >= 15 is 0 Å². The summed E-state index contributed by atoms with van der Waals surface area (Å²) in [5, 5.41) is 6.53. The van der Waals surface area contributed by atoms with E-state index in [2.05, 4.69) is 20.9 Å². The Morgan fingerprint density at radius 2 is 2.15 bits per heavy atom. The van der Waals surface area contributed by atoms with Crippen molar-refractivity contribution in [1.29, 1.82) is 0 Å².